The lowest BCUT2D eigenvalue weighted by atomic mass is 10.0. The van der Waals surface area contributed by atoms with Crippen LogP contribution < -0.4 is 0 Å². The normalized spacial score (nSPS) is 34.3. The third-order valence-corrected chi connectivity index (χ3v) is 3.85. The highest BCUT2D eigenvalue weighted by Gasteiger charge is 2.36. The van der Waals surface area contributed by atoms with E-state index in [1.54, 1.807) is 5.51 Å². The van der Waals surface area contributed by atoms with Crippen LogP contribution in [0.4, 0.5) is 0 Å². The van der Waals surface area contributed by atoms with E-state index in [9.17, 15) is 4.79 Å². The van der Waals surface area contributed by atoms with E-state index < -0.39 is 0 Å². The summed E-state index contributed by atoms with van der Waals surface area (Å²) >= 11 is 1.49. The zero-order chi connectivity index (χ0) is 10.3. The third-order valence-electron chi connectivity index (χ3n) is 3.27. The van der Waals surface area contributed by atoms with Crippen molar-refractivity contribution >= 4 is 17.1 Å². The predicted molar refractivity (Wildman–Crippen MR) is 58.2 cm³/mol. The molecule has 1 atom stereocenters. The summed E-state index contributed by atoms with van der Waals surface area (Å²) in [7, 11) is 0. The van der Waals surface area contributed by atoms with E-state index in [-0.39, 0.29) is 11.8 Å². The second kappa shape index (κ2) is 3.66. The monoisotopic (exact) mass is 223 g/mol. The first-order chi connectivity index (χ1) is 7.34. The summed E-state index contributed by atoms with van der Waals surface area (Å²) in [5, 5.41) is 1.85. The second-order valence-electron chi connectivity index (χ2n) is 4.09. The number of piperazine rings is 3. The molecule has 3 saturated heterocycles. The molecular weight excluding hydrogens is 210 g/mol. The molecule has 0 radical (unpaired) electrons. The van der Waals surface area contributed by atoms with Gasteiger partial charge in [0.25, 0.3) is 0 Å². The number of carbonyl (C=O) groups excluding carboxylic acids is 1. The zero-order valence-corrected chi connectivity index (χ0v) is 9.24. The van der Waals surface area contributed by atoms with Gasteiger partial charge in [0, 0.05) is 38.1 Å². The molecule has 0 amide bonds. The van der Waals surface area contributed by atoms with E-state index >= 15 is 0 Å². The van der Waals surface area contributed by atoms with E-state index in [1.165, 1.54) is 11.3 Å². The minimum atomic E-state index is 0.0506. The van der Waals surface area contributed by atoms with Gasteiger partial charge in [-0.25, -0.2) is 4.98 Å². The molecule has 3 aliphatic rings. The van der Waals surface area contributed by atoms with Crippen LogP contribution in [-0.2, 0) is 0 Å². The summed E-state index contributed by atoms with van der Waals surface area (Å²) < 4.78 is 0. The van der Waals surface area contributed by atoms with Crippen LogP contribution in [0.1, 0.15) is 10.5 Å². The Bertz CT molecular complexity index is 357. The highest BCUT2D eigenvalue weighted by molar-refractivity contribution is 7.07. The van der Waals surface area contributed by atoms with E-state index in [4.69, 9.17) is 0 Å². The van der Waals surface area contributed by atoms with Crippen LogP contribution in [0.15, 0.2) is 10.9 Å². The summed E-state index contributed by atoms with van der Waals surface area (Å²) in [6.45, 7) is 5.17. The summed E-state index contributed by atoms with van der Waals surface area (Å²) in [4.78, 5) is 20.9. The summed E-state index contributed by atoms with van der Waals surface area (Å²) in [6, 6.07) is 0.0506. The molecule has 4 heterocycles. The molecule has 1 aromatic rings. The molecule has 0 spiro atoms. The molecular formula is C10H13N3OS. The Hall–Kier alpha value is -0.780. The van der Waals surface area contributed by atoms with Crippen LogP contribution in [0.5, 0.6) is 0 Å². The summed E-state index contributed by atoms with van der Waals surface area (Å²) in [5.74, 6) is 0.195. The van der Waals surface area contributed by atoms with Crippen LogP contribution >= 0.6 is 11.3 Å². The van der Waals surface area contributed by atoms with Gasteiger partial charge in [-0.15, -0.1) is 11.3 Å². The van der Waals surface area contributed by atoms with E-state index in [1.807, 2.05) is 5.38 Å². The molecule has 1 unspecified atom stereocenters. The molecule has 5 heteroatoms. The molecule has 3 fully saturated rings. The highest BCUT2D eigenvalue weighted by atomic mass is 32.1. The molecule has 80 valence electrons. The molecule has 0 aromatic carbocycles. The SMILES string of the molecule is O=C(c1cscn1)C1CN2CCN1CC2. The lowest BCUT2D eigenvalue weighted by molar-refractivity contribution is 0.0157. The van der Waals surface area contributed by atoms with Crippen LogP contribution in [0.2, 0.25) is 0 Å². The molecule has 0 N–H and O–H groups in total. The number of hydrogen-bond donors (Lipinski definition) is 0. The van der Waals surface area contributed by atoms with Crippen molar-refractivity contribution in [2.45, 2.75) is 6.04 Å². The molecule has 0 aliphatic carbocycles. The van der Waals surface area contributed by atoms with Crippen LogP contribution in [-0.4, -0.2) is 59.3 Å². The van der Waals surface area contributed by atoms with E-state index in [2.05, 4.69) is 14.8 Å². The van der Waals surface area contributed by atoms with Crippen molar-refractivity contribution < 1.29 is 4.79 Å². The summed E-state index contributed by atoms with van der Waals surface area (Å²) in [5.41, 5.74) is 2.36. The Morgan fingerprint density at radius 3 is 2.73 bits per heavy atom. The van der Waals surface area contributed by atoms with E-state index in [0.717, 1.165) is 32.7 Å². The lowest BCUT2D eigenvalue weighted by Crippen LogP contribution is -2.63. The maximum atomic E-state index is 12.1. The van der Waals surface area contributed by atoms with Crippen LogP contribution in [0.3, 0.4) is 0 Å². The van der Waals surface area contributed by atoms with Gasteiger partial charge in [-0.1, -0.05) is 0 Å². The fraction of sp³-hybridized carbons (Fsp3) is 0.600. The Morgan fingerprint density at radius 1 is 1.40 bits per heavy atom. The zero-order valence-electron chi connectivity index (χ0n) is 8.43. The third kappa shape index (κ3) is 1.60. The standard InChI is InChI=1S/C10H13N3OS/c14-10(8-6-15-7-11-8)9-5-12-1-3-13(9)4-2-12/h6-7,9H,1-5H2. The van der Waals surface area contributed by atoms with Crippen LogP contribution in [0.25, 0.3) is 0 Å². The number of carbonyl (C=O) groups is 1. The molecule has 4 rings (SSSR count). The number of fused-ring (bicyclic) bond motifs is 3. The summed E-state index contributed by atoms with van der Waals surface area (Å²) in [6.07, 6.45) is 0. The first-order valence-electron chi connectivity index (χ1n) is 5.23. The molecule has 1 aromatic heterocycles. The van der Waals surface area contributed by atoms with Gasteiger partial charge in [-0.2, -0.15) is 0 Å². The van der Waals surface area contributed by atoms with Crippen LogP contribution in [0, 0.1) is 0 Å². The van der Waals surface area contributed by atoms with Crippen molar-refractivity contribution in [1.82, 2.24) is 14.8 Å². The number of thiazole rings is 1. The average Bonchev–Trinajstić information content (AvgIpc) is 2.83. The largest absolute Gasteiger partial charge is 0.299 e. The molecule has 3 aliphatic heterocycles. The first kappa shape index (κ1) is 9.45. The Morgan fingerprint density at radius 2 is 2.20 bits per heavy atom. The van der Waals surface area contributed by atoms with Gasteiger partial charge in [0.15, 0.2) is 5.78 Å². The number of hydrogen-bond acceptors (Lipinski definition) is 5. The van der Waals surface area contributed by atoms with Gasteiger partial charge in [0.05, 0.1) is 11.6 Å². The van der Waals surface area contributed by atoms with Crippen molar-refractivity contribution in [2.24, 2.45) is 0 Å². The van der Waals surface area contributed by atoms with Crippen molar-refractivity contribution in [3.8, 4) is 0 Å². The maximum absolute atomic E-state index is 12.1. The van der Waals surface area contributed by atoms with Gasteiger partial charge < -0.3 is 0 Å². The van der Waals surface area contributed by atoms with E-state index in [0.29, 0.717) is 5.69 Å². The maximum Gasteiger partial charge on any atom is 0.200 e. The first-order valence-corrected chi connectivity index (χ1v) is 6.18. The van der Waals surface area contributed by atoms with Gasteiger partial charge in [-0.3, -0.25) is 14.6 Å². The van der Waals surface area contributed by atoms with Crippen molar-refractivity contribution in [1.29, 1.82) is 0 Å². The average molecular weight is 223 g/mol. The van der Waals surface area contributed by atoms with Gasteiger partial charge in [-0.05, 0) is 0 Å². The Labute approximate surface area is 92.5 Å². The number of aromatic nitrogens is 1. The van der Waals surface area contributed by atoms with Gasteiger partial charge >= 0.3 is 0 Å². The Balaban J connectivity index is 1.80. The number of ketones is 1. The highest BCUT2D eigenvalue weighted by Crippen LogP contribution is 2.19. The van der Waals surface area contributed by atoms with Gasteiger partial charge in [0.1, 0.15) is 5.69 Å². The number of nitrogens with zero attached hydrogens (tertiary/aromatic N) is 3. The Kier molecular flexibility index (Phi) is 2.31. The van der Waals surface area contributed by atoms with Gasteiger partial charge in [0.2, 0.25) is 0 Å². The lowest BCUT2D eigenvalue weighted by Gasteiger charge is -2.46. The smallest absolute Gasteiger partial charge is 0.200 e. The minimum Gasteiger partial charge on any atom is -0.299 e. The van der Waals surface area contributed by atoms with Crippen molar-refractivity contribution in [3.05, 3.63) is 16.6 Å². The molecule has 4 nitrogen and oxygen atoms in total. The molecule has 15 heavy (non-hydrogen) atoms. The molecule has 0 saturated carbocycles. The fourth-order valence-corrected chi connectivity index (χ4v) is 2.91. The minimum absolute atomic E-state index is 0.0506. The fourth-order valence-electron chi connectivity index (χ4n) is 2.37. The number of Topliss-reactive ketones (excluding diaryl/α,β-unsaturated/α-hetero) is 1. The predicted octanol–water partition coefficient (Wildman–Crippen LogP) is 0.326. The van der Waals surface area contributed by atoms with Crippen molar-refractivity contribution in [2.75, 3.05) is 32.7 Å². The second-order valence-corrected chi connectivity index (χ2v) is 4.81. The topological polar surface area (TPSA) is 36.4 Å². The molecule has 2 bridgehead atoms. The number of rotatable bonds is 2. The van der Waals surface area contributed by atoms with Crippen molar-refractivity contribution in [3.63, 3.8) is 0 Å². The quantitative estimate of drug-likeness (QED) is 0.677.